The standard InChI is InChI=1S/C20H19FN4O/c21-15-7-5-6-14(12-15)18-10-3-4-11-25(18)20(26)17-9-2-1-8-16(17)19-22-13-23-24-19/h1-2,5-9,12-13,18H,3-4,10-11H2,(H,22,23,24). The number of aromatic amines is 1. The van der Waals surface area contributed by atoms with Crippen molar-refractivity contribution in [2.45, 2.75) is 25.3 Å². The van der Waals surface area contributed by atoms with E-state index in [-0.39, 0.29) is 17.8 Å². The maximum absolute atomic E-state index is 13.7. The molecule has 0 bridgehead atoms. The van der Waals surface area contributed by atoms with Crippen molar-refractivity contribution in [1.82, 2.24) is 20.1 Å². The van der Waals surface area contributed by atoms with Crippen LogP contribution in [0, 0.1) is 5.82 Å². The lowest BCUT2D eigenvalue weighted by Crippen LogP contribution is -2.38. The number of nitrogens with one attached hydrogen (secondary N) is 1. The third-order valence-electron chi connectivity index (χ3n) is 4.82. The highest BCUT2D eigenvalue weighted by molar-refractivity contribution is 6.00. The lowest BCUT2D eigenvalue weighted by molar-refractivity contribution is 0.0612. The van der Waals surface area contributed by atoms with E-state index in [4.69, 9.17) is 0 Å². The number of H-pyrrole nitrogens is 1. The molecule has 2 aromatic carbocycles. The van der Waals surface area contributed by atoms with Crippen LogP contribution in [0.4, 0.5) is 4.39 Å². The molecule has 1 N–H and O–H groups in total. The molecule has 132 valence electrons. The van der Waals surface area contributed by atoms with E-state index in [1.54, 1.807) is 12.1 Å². The second-order valence-corrected chi connectivity index (χ2v) is 6.44. The number of likely N-dealkylation sites (tertiary alicyclic amines) is 1. The summed E-state index contributed by atoms with van der Waals surface area (Å²) in [7, 11) is 0. The maximum atomic E-state index is 13.7. The average Bonchev–Trinajstić information content (AvgIpc) is 3.22. The Labute approximate surface area is 150 Å². The first-order valence-electron chi connectivity index (χ1n) is 8.75. The van der Waals surface area contributed by atoms with Crippen molar-refractivity contribution in [3.8, 4) is 11.4 Å². The first kappa shape index (κ1) is 16.4. The first-order valence-corrected chi connectivity index (χ1v) is 8.75. The zero-order valence-electron chi connectivity index (χ0n) is 14.2. The molecule has 4 rings (SSSR count). The Bertz CT molecular complexity index is 910. The van der Waals surface area contributed by atoms with Crippen molar-refractivity contribution in [3.05, 3.63) is 71.8 Å². The number of rotatable bonds is 3. The molecule has 1 fully saturated rings. The Morgan fingerprint density at radius 2 is 2.04 bits per heavy atom. The Balaban J connectivity index is 1.71. The van der Waals surface area contributed by atoms with E-state index >= 15 is 0 Å². The number of nitrogens with zero attached hydrogens (tertiary/aromatic N) is 3. The van der Waals surface area contributed by atoms with Crippen LogP contribution in [0.15, 0.2) is 54.9 Å². The molecule has 26 heavy (non-hydrogen) atoms. The van der Waals surface area contributed by atoms with E-state index in [2.05, 4.69) is 15.2 Å². The lowest BCUT2D eigenvalue weighted by Gasteiger charge is -2.36. The Morgan fingerprint density at radius 3 is 2.85 bits per heavy atom. The van der Waals surface area contributed by atoms with Gasteiger partial charge in [-0.3, -0.25) is 9.89 Å². The smallest absolute Gasteiger partial charge is 0.255 e. The molecule has 0 saturated carbocycles. The summed E-state index contributed by atoms with van der Waals surface area (Å²) >= 11 is 0. The summed E-state index contributed by atoms with van der Waals surface area (Å²) in [6.45, 7) is 0.657. The highest BCUT2D eigenvalue weighted by atomic mass is 19.1. The molecule has 0 radical (unpaired) electrons. The molecule has 1 amide bonds. The van der Waals surface area contributed by atoms with Gasteiger partial charge in [0.15, 0.2) is 5.82 Å². The topological polar surface area (TPSA) is 61.9 Å². The Morgan fingerprint density at radius 1 is 1.15 bits per heavy atom. The normalized spacial score (nSPS) is 17.3. The van der Waals surface area contributed by atoms with Gasteiger partial charge in [-0.2, -0.15) is 5.10 Å². The summed E-state index contributed by atoms with van der Waals surface area (Å²) in [5, 5.41) is 6.70. The third kappa shape index (κ3) is 3.10. The minimum Gasteiger partial charge on any atom is -0.332 e. The fourth-order valence-electron chi connectivity index (χ4n) is 3.60. The Hall–Kier alpha value is -3.02. The fraction of sp³-hybridized carbons (Fsp3) is 0.250. The molecule has 5 nitrogen and oxygen atoms in total. The summed E-state index contributed by atoms with van der Waals surface area (Å²) in [5.74, 6) is 0.224. The van der Waals surface area contributed by atoms with Gasteiger partial charge in [0.2, 0.25) is 0 Å². The molecule has 1 atom stereocenters. The molecule has 1 saturated heterocycles. The largest absolute Gasteiger partial charge is 0.332 e. The molecule has 0 aliphatic carbocycles. The van der Waals surface area contributed by atoms with Gasteiger partial charge in [-0.15, -0.1) is 0 Å². The minimum absolute atomic E-state index is 0.0639. The van der Waals surface area contributed by atoms with Crippen molar-refractivity contribution < 1.29 is 9.18 Å². The van der Waals surface area contributed by atoms with Gasteiger partial charge in [-0.1, -0.05) is 30.3 Å². The fourth-order valence-corrected chi connectivity index (χ4v) is 3.60. The number of carbonyl (C=O) groups is 1. The molecule has 1 unspecified atom stereocenters. The number of piperidine rings is 1. The summed E-state index contributed by atoms with van der Waals surface area (Å²) in [6, 6.07) is 13.8. The van der Waals surface area contributed by atoms with Crippen LogP contribution in [0.2, 0.25) is 0 Å². The molecule has 1 aliphatic rings. The number of halogens is 1. The van der Waals surface area contributed by atoms with E-state index in [0.29, 0.717) is 17.9 Å². The number of benzene rings is 2. The molecule has 2 heterocycles. The summed E-state index contributed by atoms with van der Waals surface area (Å²) in [5.41, 5.74) is 2.14. The zero-order chi connectivity index (χ0) is 17.9. The van der Waals surface area contributed by atoms with Gasteiger partial charge in [-0.05, 0) is 43.0 Å². The van der Waals surface area contributed by atoms with E-state index in [1.165, 1.54) is 18.5 Å². The highest BCUT2D eigenvalue weighted by Gasteiger charge is 2.30. The third-order valence-corrected chi connectivity index (χ3v) is 4.82. The predicted molar refractivity (Wildman–Crippen MR) is 95.8 cm³/mol. The molecule has 1 aliphatic heterocycles. The van der Waals surface area contributed by atoms with Crippen LogP contribution < -0.4 is 0 Å². The number of aromatic nitrogens is 3. The maximum Gasteiger partial charge on any atom is 0.255 e. The quantitative estimate of drug-likeness (QED) is 0.777. The van der Waals surface area contributed by atoms with Crippen molar-refractivity contribution in [3.63, 3.8) is 0 Å². The number of amides is 1. The Kier molecular flexibility index (Phi) is 4.48. The van der Waals surface area contributed by atoms with E-state index in [0.717, 1.165) is 30.4 Å². The zero-order valence-corrected chi connectivity index (χ0v) is 14.2. The highest BCUT2D eigenvalue weighted by Crippen LogP contribution is 2.33. The van der Waals surface area contributed by atoms with Crippen molar-refractivity contribution >= 4 is 5.91 Å². The van der Waals surface area contributed by atoms with E-state index in [1.807, 2.05) is 29.2 Å². The van der Waals surface area contributed by atoms with Gasteiger partial charge in [-0.25, -0.2) is 9.37 Å². The monoisotopic (exact) mass is 350 g/mol. The number of hydrogen-bond acceptors (Lipinski definition) is 3. The molecular formula is C20H19FN4O. The van der Waals surface area contributed by atoms with Gasteiger partial charge in [0, 0.05) is 12.1 Å². The van der Waals surface area contributed by atoms with Crippen LogP contribution in [0.5, 0.6) is 0 Å². The summed E-state index contributed by atoms with van der Waals surface area (Å²) in [6.07, 6.45) is 4.23. The second-order valence-electron chi connectivity index (χ2n) is 6.44. The van der Waals surface area contributed by atoms with Gasteiger partial charge < -0.3 is 4.90 Å². The average molecular weight is 350 g/mol. The number of carbonyl (C=O) groups excluding carboxylic acids is 1. The van der Waals surface area contributed by atoms with Crippen LogP contribution in [0.25, 0.3) is 11.4 Å². The summed E-state index contributed by atoms with van der Waals surface area (Å²) < 4.78 is 13.7. The van der Waals surface area contributed by atoms with Gasteiger partial charge in [0.05, 0.1) is 11.6 Å². The molecule has 1 aromatic heterocycles. The summed E-state index contributed by atoms with van der Waals surface area (Å²) in [4.78, 5) is 19.4. The first-order chi connectivity index (χ1) is 12.7. The van der Waals surface area contributed by atoms with Gasteiger partial charge in [0.25, 0.3) is 5.91 Å². The van der Waals surface area contributed by atoms with Crippen LogP contribution in [0.1, 0.15) is 41.2 Å². The van der Waals surface area contributed by atoms with Crippen molar-refractivity contribution in [1.29, 1.82) is 0 Å². The van der Waals surface area contributed by atoms with Crippen LogP contribution in [-0.2, 0) is 0 Å². The second kappa shape index (κ2) is 7.07. The van der Waals surface area contributed by atoms with Gasteiger partial charge in [0.1, 0.15) is 12.1 Å². The van der Waals surface area contributed by atoms with Crippen molar-refractivity contribution in [2.75, 3.05) is 6.54 Å². The lowest BCUT2D eigenvalue weighted by atomic mass is 9.93. The van der Waals surface area contributed by atoms with Crippen molar-refractivity contribution in [2.24, 2.45) is 0 Å². The van der Waals surface area contributed by atoms with Crippen LogP contribution >= 0.6 is 0 Å². The molecule has 3 aromatic rings. The molecule has 0 spiro atoms. The predicted octanol–water partition coefficient (Wildman–Crippen LogP) is 3.98. The number of hydrogen-bond donors (Lipinski definition) is 1. The van der Waals surface area contributed by atoms with E-state index in [9.17, 15) is 9.18 Å². The van der Waals surface area contributed by atoms with E-state index < -0.39 is 0 Å². The molecular weight excluding hydrogens is 331 g/mol. The van der Waals surface area contributed by atoms with Crippen LogP contribution in [-0.4, -0.2) is 32.5 Å². The minimum atomic E-state index is -0.275. The van der Waals surface area contributed by atoms with Crippen LogP contribution in [0.3, 0.4) is 0 Å². The van der Waals surface area contributed by atoms with Gasteiger partial charge >= 0.3 is 0 Å². The molecule has 6 heteroatoms. The SMILES string of the molecule is O=C(c1ccccc1-c1ncn[nH]1)N1CCCCC1c1cccc(F)c1.